The highest BCUT2D eigenvalue weighted by atomic mass is 19.4. The van der Waals surface area contributed by atoms with Gasteiger partial charge in [-0.15, -0.1) is 0 Å². The van der Waals surface area contributed by atoms with E-state index in [0.717, 1.165) is 16.8 Å². The minimum atomic E-state index is -4.63. The lowest BCUT2D eigenvalue weighted by Crippen LogP contribution is -2.42. The number of hydrogen-bond donors (Lipinski definition) is 0. The van der Waals surface area contributed by atoms with Crippen LogP contribution >= 0.6 is 0 Å². The monoisotopic (exact) mass is 529 g/mol. The van der Waals surface area contributed by atoms with Crippen molar-refractivity contribution in [3.8, 4) is 5.69 Å². The maximum atomic E-state index is 13.6. The summed E-state index contributed by atoms with van der Waals surface area (Å²) in [5, 5.41) is 0. The van der Waals surface area contributed by atoms with Gasteiger partial charge in [-0.1, -0.05) is 12.1 Å². The average molecular weight is 530 g/mol. The summed E-state index contributed by atoms with van der Waals surface area (Å²) in [6.45, 7) is 5.75. The Hall–Kier alpha value is -4.15. The van der Waals surface area contributed by atoms with Crippen molar-refractivity contribution in [2.45, 2.75) is 45.8 Å². The van der Waals surface area contributed by atoms with Gasteiger partial charge in [0.2, 0.25) is 5.91 Å². The number of aromatic nitrogens is 2. The molecule has 2 aromatic carbocycles. The van der Waals surface area contributed by atoms with Gasteiger partial charge >= 0.3 is 17.8 Å². The fourth-order valence-corrected chi connectivity index (χ4v) is 4.72. The number of likely N-dealkylation sites (N-methyl/N-ethyl adjacent to an activating group) is 1. The lowest BCUT2D eigenvalue weighted by Gasteiger charge is -2.18. The highest BCUT2D eigenvalue weighted by molar-refractivity contribution is 6.07. The smallest absolute Gasteiger partial charge is 0.416 e. The summed E-state index contributed by atoms with van der Waals surface area (Å²) >= 11 is 0. The fourth-order valence-electron chi connectivity index (χ4n) is 4.72. The minimum Gasteiger partial charge on any atom is -0.462 e. The first-order valence-corrected chi connectivity index (χ1v) is 11.8. The molecule has 0 aliphatic carbocycles. The standard InChI is InChI=1S/C27H26F3N3O5/c1-6-38-23(35)18-14-32(17-10-11-21-20(12-17)26(3,4)24(36)31(21)5)25(37)33(22(18)34)13-16-8-7-9-19(15(16)2)27(28,29)30/h7-12,14H,6,13H2,1-5H3. The Morgan fingerprint density at radius 1 is 1.08 bits per heavy atom. The molecule has 11 heteroatoms. The van der Waals surface area contributed by atoms with Crippen LogP contribution in [0.4, 0.5) is 18.9 Å². The van der Waals surface area contributed by atoms with Crippen molar-refractivity contribution in [1.29, 1.82) is 0 Å². The van der Waals surface area contributed by atoms with Crippen molar-refractivity contribution in [2.75, 3.05) is 18.6 Å². The summed E-state index contributed by atoms with van der Waals surface area (Å²) in [4.78, 5) is 53.7. The summed E-state index contributed by atoms with van der Waals surface area (Å²) in [7, 11) is 1.64. The Kier molecular flexibility index (Phi) is 6.59. The molecule has 0 saturated carbocycles. The van der Waals surface area contributed by atoms with Crippen LogP contribution in [0.15, 0.2) is 52.2 Å². The van der Waals surface area contributed by atoms with Crippen molar-refractivity contribution in [3.63, 3.8) is 0 Å². The normalized spacial score (nSPS) is 14.5. The molecule has 4 rings (SSSR count). The SMILES string of the molecule is CCOC(=O)c1cn(-c2ccc3c(c2)C(C)(C)C(=O)N3C)c(=O)n(Cc2cccc(C(F)(F)F)c2C)c1=O. The molecule has 1 amide bonds. The van der Waals surface area contributed by atoms with Crippen LogP contribution in [-0.2, 0) is 27.7 Å². The number of hydrogen-bond acceptors (Lipinski definition) is 5. The van der Waals surface area contributed by atoms with Crippen molar-refractivity contribution in [2.24, 2.45) is 0 Å². The maximum absolute atomic E-state index is 13.6. The molecule has 0 saturated heterocycles. The van der Waals surface area contributed by atoms with Crippen molar-refractivity contribution in [3.05, 3.63) is 91.3 Å². The number of halogens is 3. The third-order valence-corrected chi connectivity index (χ3v) is 6.88. The van der Waals surface area contributed by atoms with Gasteiger partial charge in [-0.05, 0) is 68.7 Å². The largest absolute Gasteiger partial charge is 0.462 e. The van der Waals surface area contributed by atoms with Crippen molar-refractivity contribution >= 4 is 17.6 Å². The molecule has 0 spiro atoms. The van der Waals surface area contributed by atoms with E-state index in [4.69, 9.17) is 4.74 Å². The Balaban J connectivity index is 1.94. The Morgan fingerprint density at radius 2 is 1.76 bits per heavy atom. The number of carbonyl (C=O) groups excluding carboxylic acids is 2. The highest BCUT2D eigenvalue weighted by Crippen LogP contribution is 2.41. The molecule has 0 N–H and O–H groups in total. The average Bonchev–Trinajstić information content (AvgIpc) is 3.01. The van der Waals surface area contributed by atoms with Crippen LogP contribution in [-0.4, -0.2) is 34.7 Å². The molecule has 38 heavy (non-hydrogen) atoms. The van der Waals surface area contributed by atoms with E-state index in [0.29, 0.717) is 15.8 Å². The summed E-state index contributed by atoms with van der Waals surface area (Å²) in [5.41, 5.74) is -2.58. The maximum Gasteiger partial charge on any atom is 0.416 e. The number of ether oxygens (including phenoxy) is 1. The van der Waals surface area contributed by atoms with Gasteiger partial charge in [0.1, 0.15) is 5.56 Å². The molecular formula is C27H26F3N3O5. The third kappa shape index (κ3) is 4.31. The van der Waals surface area contributed by atoms with Gasteiger partial charge in [-0.2, -0.15) is 13.2 Å². The number of benzene rings is 2. The number of nitrogens with zero attached hydrogens (tertiary/aromatic N) is 3. The number of carbonyl (C=O) groups is 2. The highest BCUT2D eigenvalue weighted by Gasteiger charge is 2.42. The molecule has 8 nitrogen and oxygen atoms in total. The second kappa shape index (κ2) is 9.30. The molecule has 2 heterocycles. The van der Waals surface area contributed by atoms with E-state index in [-0.39, 0.29) is 29.3 Å². The zero-order valence-corrected chi connectivity index (χ0v) is 21.5. The van der Waals surface area contributed by atoms with Crippen LogP contribution in [0.25, 0.3) is 5.69 Å². The topological polar surface area (TPSA) is 90.6 Å². The van der Waals surface area contributed by atoms with Gasteiger partial charge in [0, 0.05) is 18.9 Å². The predicted molar refractivity (Wildman–Crippen MR) is 134 cm³/mol. The molecule has 200 valence electrons. The number of alkyl halides is 3. The quantitative estimate of drug-likeness (QED) is 0.469. The summed E-state index contributed by atoms with van der Waals surface area (Å²) in [6.07, 6.45) is -3.56. The Morgan fingerprint density at radius 3 is 2.39 bits per heavy atom. The molecule has 1 aromatic heterocycles. The summed E-state index contributed by atoms with van der Waals surface area (Å²) in [6, 6.07) is 8.33. The predicted octanol–water partition coefficient (Wildman–Crippen LogP) is 3.81. The molecule has 1 aliphatic heterocycles. The third-order valence-electron chi connectivity index (χ3n) is 6.88. The van der Waals surface area contributed by atoms with E-state index in [2.05, 4.69) is 0 Å². The van der Waals surface area contributed by atoms with Gasteiger partial charge in [-0.25, -0.2) is 9.59 Å². The second-order valence-corrected chi connectivity index (χ2v) is 9.59. The zero-order valence-electron chi connectivity index (χ0n) is 21.5. The Labute approximate surface area is 215 Å². The first-order chi connectivity index (χ1) is 17.7. The molecule has 0 atom stereocenters. The molecule has 0 fully saturated rings. The summed E-state index contributed by atoms with van der Waals surface area (Å²) < 4.78 is 47.2. The molecule has 0 bridgehead atoms. The van der Waals surface area contributed by atoms with Gasteiger partial charge in [-0.3, -0.25) is 18.7 Å². The van der Waals surface area contributed by atoms with Crippen LogP contribution in [0.2, 0.25) is 0 Å². The zero-order chi connectivity index (χ0) is 28.2. The van der Waals surface area contributed by atoms with E-state index < -0.39 is 46.5 Å². The molecule has 0 radical (unpaired) electrons. The van der Waals surface area contributed by atoms with E-state index >= 15 is 0 Å². The fraction of sp³-hybridized carbons (Fsp3) is 0.333. The van der Waals surface area contributed by atoms with Crippen LogP contribution in [0.5, 0.6) is 0 Å². The van der Waals surface area contributed by atoms with E-state index in [1.165, 1.54) is 24.0 Å². The van der Waals surface area contributed by atoms with Crippen LogP contribution in [0.1, 0.15) is 53.4 Å². The number of anilines is 1. The number of rotatable bonds is 5. The van der Waals surface area contributed by atoms with E-state index in [1.807, 2.05) is 0 Å². The van der Waals surface area contributed by atoms with Crippen LogP contribution in [0, 0.1) is 6.92 Å². The second-order valence-electron chi connectivity index (χ2n) is 9.59. The minimum absolute atomic E-state index is 0.0361. The van der Waals surface area contributed by atoms with Gasteiger partial charge < -0.3 is 9.64 Å². The van der Waals surface area contributed by atoms with Crippen molar-refractivity contribution in [1.82, 2.24) is 9.13 Å². The molecule has 1 aliphatic rings. The first kappa shape index (κ1) is 26.9. The van der Waals surface area contributed by atoms with Crippen LogP contribution < -0.4 is 16.1 Å². The van der Waals surface area contributed by atoms with Gasteiger partial charge in [0.15, 0.2) is 0 Å². The first-order valence-electron chi connectivity index (χ1n) is 11.8. The lowest BCUT2D eigenvalue weighted by atomic mass is 9.86. The molecular weight excluding hydrogens is 503 g/mol. The van der Waals surface area contributed by atoms with E-state index in [9.17, 15) is 32.3 Å². The van der Waals surface area contributed by atoms with Gasteiger partial charge in [0.05, 0.1) is 29.8 Å². The number of esters is 1. The van der Waals surface area contributed by atoms with Crippen molar-refractivity contribution < 1.29 is 27.5 Å². The lowest BCUT2D eigenvalue weighted by molar-refractivity contribution is -0.138. The summed E-state index contributed by atoms with van der Waals surface area (Å²) in [5.74, 6) is -1.12. The van der Waals surface area contributed by atoms with Gasteiger partial charge in [0.25, 0.3) is 5.56 Å². The molecule has 3 aromatic rings. The Bertz CT molecular complexity index is 1580. The van der Waals surface area contributed by atoms with Crippen LogP contribution in [0.3, 0.4) is 0 Å². The molecule has 0 unspecified atom stereocenters. The van der Waals surface area contributed by atoms with E-state index in [1.54, 1.807) is 46.0 Å². The number of amides is 1. The number of fused-ring (bicyclic) bond motifs is 1.